The zero-order valence-electron chi connectivity index (χ0n) is 9.29. The average molecular weight is 209 g/mol. The molecule has 0 bridgehead atoms. The number of anilines is 2. The van der Waals surface area contributed by atoms with Crippen molar-refractivity contribution in [3.05, 3.63) is 18.2 Å². The van der Waals surface area contributed by atoms with Crippen LogP contribution in [0.5, 0.6) is 5.75 Å². The van der Waals surface area contributed by atoms with Crippen LogP contribution < -0.4 is 21.5 Å². The molecule has 0 unspecified atom stereocenters. The summed E-state index contributed by atoms with van der Waals surface area (Å²) in [5, 5.41) is 3.17. The molecule has 0 spiro atoms. The molecule has 0 aromatic heterocycles. The number of benzene rings is 1. The summed E-state index contributed by atoms with van der Waals surface area (Å²) in [6.45, 7) is 5.29. The predicted octanol–water partition coefficient (Wildman–Crippen LogP) is 1.43. The van der Waals surface area contributed by atoms with Gasteiger partial charge >= 0.3 is 0 Å². The Bertz CT molecular complexity index is 313. The molecule has 0 heterocycles. The maximum atomic E-state index is 5.79. The highest BCUT2D eigenvalue weighted by Gasteiger charge is 2.03. The summed E-state index contributed by atoms with van der Waals surface area (Å²) < 4.78 is 5.57. The van der Waals surface area contributed by atoms with Gasteiger partial charge in [-0.05, 0) is 26.0 Å². The Labute approximate surface area is 90.6 Å². The molecular weight excluding hydrogens is 190 g/mol. The fraction of sp³-hybridized carbons (Fsp3) is 0.455. The zero-order chi connectivity index (χ0) is 11.3. The maximum absolute atomic E-state index is 5.79. The fourth-order valence-corrected chi connectivity index (χ4v) is 1.22. The van der Waals surface area contributed by atoms with E-state index < -0.39 is 0 Å². The topological polar surface area (TPSA) is 73.3 Å². The molecule has 4 nitrogen and oxygen atoms in total. The second-order valence-electron chi connectivity index (χ2n) is 3.63. The lowest BCUT2D eigenvalue weighted by Gasteiger charge is -2.14. The summed E-state index contributed by atoms with van der Waals surface area (Å²) in [4.78, 5) is 0. The Kier molecular flexibility index (Phi) is 4.24. The molecule has 84 valence electrons. The standard InChI is InChI=1S/C11H19N3O/c1-8(2)15-11-7-9(14-6-5-12)3-4-10(11)13/h3-4,7-8,14H,5-6,12-13H2,1-2H3. The minimum atomic E-state index is 0.122. The van der Waals surface area contributed by atoms with E-state index in [1.165, 1.54) is 0 Å². The van der Waals surface area contributed by atoms with E-state index in [4.69, 9.17) is 16.2 Å². The molecule has 4 heteroatoms. The Hall–Kier alpha value is -1.42. The van der Waals surface area contributed by atoms with Crippen molar-refractivity contribution in [1.29, 1.82) is 0 Å². The van der Waals surface area contributed by atoms with Gasteiger partial charge in [0, 0.05) is 24.8 Å². The lowest BCUT2D eigenvalue weighted by molar-refractivity contribution is 0.244. The van der Waals surface area contributed by atoms with Crippen molar-refractivity contribution in [2.45, 2.75) is 20.0 Å². The van der Waals surface area contributed by atoms with Crippen LogP contribution in [0.2, 0.25) is 0 Å². The summed E-state index contributed by atoms with van der Waals surface area (Å²) in [5.41, 5.74) is 12.8. The second kappa shape index (κ2) is 5.46. The summed E-state index contributed by atoms with van der Waals surface area (Å²) >= 11 is 0. The van der Waals surface area contributed by atoms with Crippen LogP contribution in [0, 0.1) is 0 Å². The quantitative estimate of drug-likeness (QED) is 0.641. The third-order valence-corrected chi connectivity index (χ3v) is 1.85. The van der Waals surface area contributed by atoms with Crippen molar-refractivity contribution in [2.75, 3.05) is 24.1 Å². The number of nitrogens with one attached hydrogen (secondary N) is 1. The normalized spacial score (nSPS) is 10.4. The number of hydrogen-bond donors (Lipinski definition) is 3. The van der Waals surface area contributed by atoms with Gasteiger partial charge in [-0.3, -0.25) is 0 Å². The first-order chi connectivity index (χ1) is 7.13. The van der Waals surface area contributed by atoms with E-state index in [2.05, 4.69) is 5.32 Å². The maximum Gasteiger partial charge on any atom is 0.144 e. The molecule has 0 fully saturated rings. The molecule has 0 saturated carbocycles. The van der Waals surface area contributed by atoms with Gasteiger partial charge in [-0.25, -0.2) is 0 Å². The summed E-state index contributed by atoms with van der Waals surface area (Å²) in [5.74, 6) is 0.715. The highest BCUT2D eigenvalue weighted by molar-refractivity contribution is 5.61. The molecule has 1 rings (SSSR count). The van der Waals surface area contributed by atoms with E-state index in [-0.39, 0.29) is 6.10 Å². The van der Waals surface area contributed by atoms with E-state index in [1.807, 2.05) is 32.0 Å². The van der Waals surface area contributed by atoms with Crippen LogP contribution in [0.15, 0.2) is 18.2 Å². The van der Waals surface area contributed by atoms with Crippen LogP contribution in [0.1, 0.15) is 13.8 Å². The van der Waals surface area contributed by atoms with Gasteiger partial charge in [-0.1, -0.05) is 0 Å². The van der Waals surface area contributed by atoms with E-state index in [0.29, 0.717) is 18.0 Å². The first-order valence-electron chi connectivity index (χ1n) is 5.13. The fourth-order valence-electron chi connectivity index (χ4n) is 1.22. The van der Waals surface area contributed by atoms with E-state index in [9.17, 15) is 0 Å². The predicted molar refractivity (Wildman–Crippen MR) is 64.2 cm³/mol. The number of nitrogen functional groups attached to an aromatic ring is 1. The van der Waals surface area contributed by atoms with Crippen LogP contribution in [0.3, 0.4) is 0 Å². The van der Waals surface area contributed by atoms with Gasteiger partial charge in [-0.2, -0.15) is 0 Å². The Morgan fingerprint density at radius 2 is 2.13 bits per heavy atom. The van der Waals surface area contributed by atoms with E-state index in [0.717, 1.165) is 12.2 Å². The molecular formula is C11H19N3O. The van der Waals surface area contributed by atoms with Crippen molar-refractivity contribution in [1.82, 2.24) is 0 Å². The third kappa shape index (κ3) is 3.67. The molecule has 1 aromatic rings. The lowest BCUT2D eigenvalue weighted by atomic mass is 10.2. The van der Waals surface area contributed by atoms with Crippen molar-refractivity contribution in [3.63, 3.8) is 0 Å². The van der Waals surface area contributed by atoms with Gasteiger partial charge in [0.1, 0.15) is 5.75 Å². The van der Waals surface area contributed by atoms with Gasteiger partial charge in [0.2, 0.25) is 0 Å². The van der Waals surface area contributed by atoms with Gasteiger partial charge in [0.05, 0.1) is 11.8 Å². The smallest absolute Gasteiger partial charge is 0.144 e. The monoisotopic (exact) mass is 209 g/mol. The van der Waals surface area contributed by atoms with Gasteiger partial charge in [0.15, 0.2) is 0 Å². The lowest BCUT2D eigenvalue weighted by Crippen LogP contribution is -2.13. The van der Waals surface area contributed by atoms with Crippen LogP contribution in [-0.2, 0) is 0 Å². The molecule has 0 radical (unpaired) electrons. The largest absolute Gasteiger partial charge is 0.489 e. The molecule has 0 aliphatic heterocycles. The Morgan fingerprint density at radius 1 is 1.40 bits per heavy atom. The Balaban J connectivity index is 2.75. The highest BCUT2D eigenvalue weighted by atomic mass is 16.5. The molecule has 15 heavy (non-hydrogen) atoms. The number of hydrogen-bond acceptors (Lipinski definition) is 4. The van der Waals surface area contributed by atoms with Gasteiger partial charge in [-0.15, -0.1) is 0 Å². The average Bonchev–Trinajstić information content (AvgIpc) is 2.18. The van der Waals surface area contributed by atoms with Crippen molar-refractivity contribution in [3.8, 4) is 5.75 Å². The molecule has 1 aromatic carbocycles. The number of nitrogens with two attached hydrogens (primary N) is 2. The minimum Gasteiger partial charge on any atom is -0.489 e. The molecule has 0 amide bonds. The summed E-state index contributed by atoms with van der Waals surface area (Å²) in [6.07, 6.45) is 0.122. The Morgan fingerprint density at radius 3 is 2.73 bits per heavy atom. The molecule has 0 saturated heterocycles. The first kappa shape index (κ1) is 11.7. The SMILES string of the molecule is CC(C)Oc1cc(NCCN)ccc1N. The first-order valence-corrected chi connectivity index (χ1v) is 5.13. The minimum absolute atomic E-state index is 0.122. The molecule has 0 aliphatic rings. The van der Waals surface area contributed by atoms with Gasteiger partial charge < -0.3 is 21.5 Å². The van der Waals surface area contributed by atoms with Crippen molar-refractivity contribution >= 4 is 11.4 Å². The van der Waals surface area contributed by atoms with E-state index in [1.54, 1.807) is 0 Å². The van der Waals surface area contributed by atoms with Crippen LogP contribution >= 0.6 is 0 Å². The van der Waals surface area contributed by atoms with Crippen LogP contribution in [0.25, 0.3) is 0 Å². The molecule has 0 aliphatic carbocycles. The number of rotatable bonds is 5. The molecule has 5 N–H and O–H groups in total. The third-order valence-electron chi connectivity index (χ3n) is 1.85. The van der Waals surface area contributed by atoms with Crippen molar-refractivity contribution in [2.24, 2.45) is 5.73 Å². The van der Waals surface area contributed by atoms with Gasteiger partial charge in [0.25, 0.3) is 0 Å². The van der Waals surface area contributed by atoms with Crippen LogP contribution in [0.4, 0.5) is 11.4 Å². The highest BCUT2D eigenvalue weighted by Crippen LogP contribution is 2.26. The summed E-state index contributed by atoms with van der Waals surface area (Å²) in [7, 11) is 0. The summed E-state index contributed by atoms with van der Waals surface area (Å²) in [6, 6.07) is 5.64. The molecule has 0 atom stereocenters. The second-order valence-corrected chi connectivity index (χ2v) is 3.63. The number of ether oxygens (including phenoxy) is 1. The van der Waals surface area contributed by atoms with Crippen molar-refractivity contribution < 1.29 is 4.74 Å². The van der Waals surface area contributed by atoms with Crippen LogP contribution in [-0.4, -0.2) is 19.2 Å². The zero-order valence-corrected chi connectivity index (χ0v) is 9.29. The van der Waals surface area contributed by atoms with E-state index >= 15 is 0 Å².